The van der Waals surface area contributed by atoms with Crippen molar-refractivity contribution in [1.82, 2.24) is 0 Å². The molecule has 4 aliphatic rings. The monoisotopic (exact) mass is 338 g/mol. The second-order valence-electron chi connectivity index (χ2n) is 5.94. The lowest BCUT2D eigenvalue weighted by Crippen LogP contribution is -2.59. The second kappa shape index (κ2) is 3.39. The van der Waals surface area contributed by atoms with Crippen LogP contribution in [0.15, 0.2) is 12.2 Å². The summed E-state index contributed by atoms with van der Waals surface area (Å²) in [6.45, 7) is 0. The third-order valence-electron chi connectivity index (χ3n) is 5.75. The maximum Gasteiger partial charge on any atom is 0.217 e. The average molecular weight is 340 g/mol. The molecule has 20 heavy (non-hydrogen) atoms. The molecule has 4 nitrogen and oxygen atoms in total. The van der Waals surface area contributed by atoms with Crippen molar-refractivity contribution in [2.75, 3.05) is 14.2 Å². The fourth-order valence-electron chi connectivity index (χ4n) is 5.13. The van der Waals surface area contributed by atoms with Gasteiger partial charge in [-0.15, -0.1) is 34.8 Å². The first-order valence-electron chi connectivity index (χ1n) is 6.37. The first kappa shape index (κ1) is 13.8. The molecule has 0 aromatic rings. The van der Waals surface area contributed by atoms with Crippen LogP contribution in [0.5, 0.6) is 0 Å². The first-order valence-corrected chi connectivity index (χ1v) is 7.50. The van der Waals surface area contributed by atoms with E-state index in [4.69, 9.17) is 44.3 Å². The van der Waals surface area contributed by atoms with Crippen LogP contribution in [0.3, 0.4) is 0 Å². The van der Waals surface area contributed by atoms with Gasteiger partial charge in [-0.3, -0.25) is 4.79 Å². The largest absolute Gasteiger partial charge is 0.392 e. The van der Waals surface area contributed by atoms with Crippen LogP contribution in [0.25, 0.3) is 0 Å². The lowest BCUT2D eigenvalue weighted by molar-refractivity contribution is -0.223. The Morgan fingerprint density at radius 3 is 2.20 bits per heavy atom. The van der Waals surface area contributed by atoms with Gasteiger partial charge in [-0.1, -0.05) is 12.2 Å². The van der Waals surface area contributed by atoms with Crippen molar-refractivity contribution in [1.29, 1.82) is 0 Å². The zero-order valence-electron chi connectivity index (χ0n) is 10.8. The number of ketones is 1. The minimum absolute atomic E-state index is 0.417. The number of aliphatic hydroxyl groups excluding tert-OH is 1. The summed E-state index contributed by atoms with van der Waals surface area (Å²) in [6, 6.07) is 0. The number of alkyl halides is 3. The van der Waals surface area contributed by atoms with Gasteiger partial charge in [0.15, 0.2) is 10.7 Å². The molecule has 4 aliphatic carbocycles. The zero-order valence-corrected chi connectivity index (χ0v) is 13.0. The summed E-state index contributed by atoms with van der Waals surface area (Å²) in [5.74, 6) is -3.50. The fraction of sp³-hybridized carbons (Fsp3) is 0.769. The first-order chi connectivity index (χ1) is 9.29. The number of Topliss-reactive ketones (excluding diaryl/α,β-unsaturated/α-hetero) is 1. The van der Waals surface area contributed by atoms with Crippen molar-refractivity contribution in [2.45, 2.75) is 26.5 Å². The predicted octanol–water partition coefficient (Wildman–Crippen LogP) is 1.30. The highest BCUT2D eigenvalue weighted by molar-refractivity contribution is 6.55. The maximum atomic E-state index is 13.0. The molecule has 0 aromatic carbocycles. The topological polar surface area (TPSA) is 55.8 Å². The molecule has 4 rings (SSSR count). The van der Waals surface area contributed by atoms with E-state index in [1.54, 1.807) is 6.08 Å². The van der Waals surface area contributed by atoms with E-state index in [1.165, 1.54) is 14.2 Å². The SMILES string of the molecule is COC1(OC)[C@@]2(Cl)C3C(O)C4C=CC3[C@]1(Cl)C(=O)C42Cl. The number of carbonyl (C=O) groups is 1. The van der Waals surface area contributed by atoms with Crippen LogP contribution in [0.1, 0.15) is 0 Å². The van der Waals surface area contributed by atoms with Crippen LogP contribution in [-0.2, 0) is 14.3 Å². The van der Waals surface area contributed by atoms with E-state index in [2.05, 4.69) is 0 Å². The van der Waals surface area contributed by atoms with Crippen LogP contribution < -0.4 is 0 Å². The second-order valence-corrected chi connectivity index (χ2v) is 7.73. The molecule has 5 unspecified atom stereocenters. The van der Waals surface area contributed by atoms with Gasteiger partial charge < -0.3 is 14.6 Å². The van der Waals surface area contributed by atoms with Gasteiger partial charge in [0.25, 0.3) is 0 Å². The molecule has 0 saturated heterocycles. The summed E-state index contributed by atoms with van der Waals surface area (Å²) in [5, 5.41) is 10.5. The molecule has 110 valence electrons. The Bertz CT molecular complexity index is 562. The van der Waals surface area contributed by atoms with Crippen molar-refractivity contribution >= 4 is 40.6 Å². The smallest absolute Gasteiger partial charge is 0.217 e. The summed E-state index contributed by atoms with van der Waals surface area (Å²) in [4.78, 5) is 8.51. The number of allylic oxidation sites excluding steroid dienone is 1. The van der Waals surface area contributed by atoms with Crippen molar-refractivity contribution < 1.29 is 19.4 Å². The number of carbonyl (C=O) groups excluding carboxylic acids is 1. The van der Waals surface area contributed by atoms with Crippen LogP contribution in [0.2, 0.25) is 0 Å². The van der Waals surface area contributed by atoms with Gasteiger partial charge in [0.2, 0.25) is 5.79 Å². The molecule has 4 bridgehead atoms. The third-order valence-corrected chi connectivity index (χ3v) is 8.04. The van der Waals surface area contributed by atoms with E-state index >= 15 is 0 Å². The maximum absolute atomic E-state index is 13.0. The van der Waals surface area contributed by atoms with Gasteiger partial charge in [0.05, 0.1) is 6.10 Å². The molecule has 0 amide bonds. The highest BCUT2D eigenvalue weighted by Crippen LogP contribution is 2.81. The molecule has 7 atom stereocenters. The van der Waals surface area contributed by atoms with Crippen molar-refractivity contribution in [3.63, 3.8) is 0 Å². The van der Waals surface area contributed by atoms with Crippen LogP contribution in [-0.4, -0.2) is 51.6 Å². The molecule has 0 radical (unpaired) electrons. The fourth-order valence-corrected chi connectivity index (χ4v) is 7.27. The standard InChI is InChI=1S/C13H13Cl3O4/c1-19-13(20-2)11(15)5-3-4-6-8(17)7(5)12(13,16)10(6,14)9(11)18/h3-8,17H,1-2H3/t5?,6?,7?,8?,10?,11-,12+/m0/s1. The number of methoxy groups -OCH3 is 2. The van der Waals surface area contributed by atoms with Gasteiger partial charge in [-0.25, -0.2) is 0 Å². The Labute approximate surface area is 130 Å². The molecule has 0 spiro atoms. The Morgan fingerprint density at radius 1 is 1.10 bits per heavy atom. The van der Waals surface area contributed by atoms with Gasteiger partial charge in [-0.05, 0) is 0 Å². The Balaban J connectivity index is 2.14. The van der Waals surface area contributed by atoms with Crippen LogP contribution >= 0.6 is 34.8 Å². The summed E-state index contributed by atoms with van der Waals surface area (Å²) < 4.78 is 11.0. The number of fused-ring (bicyclic) bond motifs is 4. The number of ether oxygens (including phenoxy) is 2. The summed E-state index contributed by atoms with van der Waals surface area (Å²) in [5.41, 5.74) is 0. The van der Waals surface area contributed by atoms with E-state index in [0.717, 1.165) is 0 Å². The van der Waals surface area contributed by atoms with E-state index in [1.807, 2.05) is 6.08 Å². The lowest BCUT2D eigenvalue weighted by Gasteiger charge is -2.41. The van der Waals surface area contributed by atoms with Crippen LogP contribution in [0, 0.1) is 17.8 Å². The van der Waals surface area contributed by atoms with E-state index in [9.17, 15) is 9.90 Å². The molecular weight excluding hydrogens is 326 g/mol. The van der Waals surface area contributed by atoms with E-state index in [0.29, 0.717) is 0 Å². The van der Waals surface area contributed by atoms with Gasteiger partial charge in [-0.2, -0.15) is 0 Å². The molecule has 0 aromatic heterocycles. The molecule has 1 N–H and O–H groups in total. The summed E-state index contributed by atoms with van der Waals surface area (Å²) in [7, 11) is 2.79. The van der Waals surface area contributed by atoms with Gasteiger partial charge >= 0.3 is 0 Å². The Hall–Kier alpha value is 0.160. The highest BCUT2D eigenvalue weighted by atomic mass is 35.5. The average Bonchev–Trinajstić information content (AvgIpc) is 2.65. The normalized spacial score (nSPS) is 60.8. The van der Waals surface area contributed by atoms with Crippen molar-refractivity contribution in [3.8, 4) is 0 Å². The van der Waals surface area contributed by atoms with E-state index < -0.39 is 50.1 Å². The minimum atomic E-state index is -1.56. The molecule has 0 heterocycles. The van der Waals surface area contributed by atoms with Crippen molar-refractivity contribution in [3.05, 3.63) is 12.2 Å². The number of rotatable bonds is 2. The number of aliphatic hydroxyl groups is 1. The van der Waals surface area contributed by atoms with Gasteiger partial charge in [0, 0.05) is 32.0 Å². The molecule has 3 saturated carbocycles. The van der Waals surface area contributed by atoms with Gasteiger partial charge in [0.1, 0.15) is 9.75 Å². The number of halogens is 3. The third kappa shape index (κ3) is 0.832. The quantitative estimate of drug-likeness (QED) is 0.468. The molecular formula is C13H13Cl3O4. The lowest BCUT2D eigenvalue weighted by atomic mass is 9.78. The number of hydrogen-bond acceptors (Lipinski definition) is 4. The highest BCUT2D eigenvalue weighted by Gasteiger charge is 2.98. The molecule has 7 heteroatoms. The summed E-state index contributed by atoms with van der Waals surface area (Å²) >= 11 is 20.2. The summed E-state index contributed by atoms with van der Waals surface area (Å²) in [6.07, 6.45) is 2.73. The molecule has 0 aliphatic heterocycles. The zero-order chi connectivity index (χ0) is 14.7. The Morgan fingerprint density at radius 2 is 1.65 bits per heavy atom. The van der Waals surface area contributed by atoms with Crippen LogP contribution in [0.4, 0.5) is 0 Å². The van der Waals surface area contributed by atoms with E-state index in [-0.39, 0.29) is 0 Å². The Kier molecular flexibility index (Phi) is 2.34. The molecule has 3 fully saturated rings. The minimum Gasteiger partial charge on any atom is -0.392 e. The number of hydrogen-bond donors (Lipinski definition) is 1. The van der Waals surface area contributed by atoms with Crippen molar-refractivity contribution in [2.24, 2.45) is 17.8 Å². The predicted molar refractivity (Wildman–Crippen MR) is 73.1 cm³/mol.